The Bertz CT molecular complexity index is 368. The number of thiocarbonyl (C=S) groups is 2. The van der Waals surface area contributed by atoms with Crippen LogP contribution in [0.3, 0.4) is 0 Å². The Morgan fingerprint density at radius 3 is 1.32 bits per heavy atom. The third kappa shape index (κ3) is 15.6. The second kappa shape index (κ2) is 20.0. The lowest BCUT2D eigenvalue weighted by molar-refractivity contribution is 0.0388. The zero-order chi connectivity index (χ0) is 19.0. The lowest BCUT2D eigenvalue weighted by Crippen LogP contribution is -2.45. The first-order valence-electron chi connectivity index (χ1n) is 8.74. The van der Waals surface area contributed by atoms with E-state index in [1.165, 1.54) is 0 Å². The number of hydrogen-bond acceptors (Lipinski definition) is 8. The van der Waals surface area contributed by atoms with Gasteiger partial charge in [-0.25, -0.2) is 11.7 Å². The topological polar surface area (TPSA) is 125 Å². The Labute approximate surface area is 190 Å². The second-order valence-corrected chi connectivity index (χ2v) is 6.52. The van der Waals surface area contributed by atoms with Crippen LogP contribution >= 0.6 is 49.2 Å². The van der Waals surface area contributed by atoms with Gasteiger partial charge in [0.05, 0.1) is 26.4 Å². The number of halogens is 2. The molecule has 168 valence electrons. The Kier molecular flexibility index (Phi) is 21.4. The van der Waals surface area contributed by atoms with Crippen LogP contribution in [-0.4, -0.2) is 98.8 Å². The van der Waals surface area contributed by atoms with Crippen molar-refractivity contribution in [2.24, 2.45) is 11.7 Å². The molecule has 0 bridgehead atoms. The molecular weight excluding hydrogens is 447 g/mol. The molecule has 2 rings (SSSR count). The molecule has 10 nitrogen and oxygen atoms in total. The van der Waals surface area contributed by atoms with Crippen molar-refractivity contribution in [3.63, 3.8) is 0 Å². The third-order valence-corrected chi connectivity index (χ3v) is 4.42. The number of nitrogens with one attached hydrogen (secondary N) is 4. The molecule has 2 aliphatic heterocycles. The molecule has 0 aliphatic carbocycles. The molecule has 2 aliphatic rings. The van der Waals surface area contributed by atoms with Crippen LogP contribution < -0.4 is 33.2 Å². The average Bonchev–Trinajstić information content (AvgIpc) is 2.70. The number of nitrogens with zero attached hydrogens (tertiary/aromatic N) is 2. The summed E-state index contributed by atoms with van der Waals surface area (Å²) in [5.41, 5.74) is 4.76. The maximum absolute atomic E-state index is 5.23. The number of hydrogen-bond donors (Lipinski definition) is 6. The maximum Gasteiger partial charge on any atom is 0.180 e. The fourth-order valence-electron chi connectivity index (χ4n) is 2.41. The Morgan fingerprint density at radius 2 is 1.04 bits per heavy atom. The number of hydrazine groups is 2. The number of ether oxygens (including phenoxy) is 2. The van der Waals surface area contributed by atoms with E-state index in [-0.39, 0.29) is 24.8 Å². The summed E-state index contributed by atoms with van der Waals surface area (Å²) in [7, 11) is 0. The standard InChI is InChI=1S/2C7H16N4OS.2ClH/c2*8-10-7(13)9-1-2-11-3-5-12-6-4-11;;/h2*1-6,8H2,(H2,9,10,13);2*1H. The van der Waals surface area contributed by atoms with Gasteiger partial charge in [-0.2, -0.15) is 0 Å². The van der Waals surface area contributed by atoms with Crippen molar-refractivity contribution in [3.05, 3.63) is 0 Å². The van der Waals surface area contributed by atoms with Gasteiger partial charge >= 0.3 is 0 Å². The van der Waals surface area contributed by atoms with Gasteiger partial charge in [0.15, 0.2) is 10.2 Å². The fraction of sp³-hybridized carbons (Fsp3) is 0.857. The number of rotatable bonds is 6. The minimum Gasteiger partial charge on any atom is -0.379 e. The smallest absolute Gasteiger partial charge is 0.180 e. The van der Waals surface area contributed by atoms with Crippen LogP contribution in [0.4, 0.5) is 0 Å². The summed E-state index contributed by atoms with van der Waals surface area (Å²) in [6.07, 6.45) is 0. The summed E-state index contributed by atoms with van der Waals surface area (Å²) in [4.78, 5) is 4.66. The van der Waals surface area contributed by atoms with E-state index in [9.17, 15) is 0 Å². The van der Waals surface area contributed by atoms with E-state index in [0.717, 1.165) is 78.8 Å². The van der Waals surface area contributed by atoms with Gasteiger partial charge in [0.25, 0.3) is 0 Å². The van der Waals surface area contributed by atoms with E-state index < -0.39 is 0 Å². The van der Waals surface area contributed by atoms with Crippen LogP contribution in [0.15, 0.2) is 0 Å². The summed E-state index contributed by atoms with van der Waals surface area (Å²) < 4.78 is 10.5. The normalized spacial score (nSPS) is 16.9. The van der Waals surface area contributed by atoms with Crippen LogP contribution in [0.1, 0.15) is 0 Å². The van der Waals surface area contributed by atoms with Crippen molar-refractivity contribution in [3.8, 4) is 0 Å². The first-order chi connectivity index (χ1) is 12.7. The lowest BCUT2D eigenvalue weighted by atomic mass is 10.4. The minimum atomic E-state index is 0. The van der Waals surface area contributed by atoms with Crippen molar-refractivity contribution >= 4 is 59.5 Å². The summed E-state index contributed by atoms with van der Waals surface area (Å²) in [6, 6.07) is 0. The molecule has 0 amide bonds. The monoisotopic (exact) mass is 480 g/mol. The van der Waals surface area contributed by atoms with E-state index in [0.29, 0.717) is 10.2 Å². The molecule has 0 aromatic heterocycles. The van der Waals surface area contributed by atoms with Gasteiger partial charge < -0.3 is 31.0 Å². The van der Waals surface area contributed by atoms with Gasteiger partial charge in [0.2, 0.25) is 0 Å². The zero-order valence-electron chi connectivity index (χ0n) is 16.0. The number of nitrogens with two attached hydrogens (primary N) is 2. The molecule has 2 fully saturated rings. The first-order valence-corrected chi connectivity index (χ1v) is 9.56. The molecule has 14 heteroatoms. The van der Waals surface area contributed by atoms with Crippen molar-refractivity contribution in [1.82, 2.24) is 31.3 Å². The molecule has 8 N–H and O–H groups in total. The SMILES string of the molecule is Cl.Cl.NNC(=S)NCCN1CCOCC1.NNC(=S)NCCN1CCOCC1. The van der Waals surface area contributed by atoms with Crippen molar-refractivity contribution < 1.29 is 9.47 Å². The van der Waals surface area contributed by atoms with Crippen LogP contribution in [0.2, 0.25) is 0 Å². The molecule has 0 atom stereocenters. The van der Waals surface area contributed by atoms with Gasteiger partial charge in [-0.05, 0) is 24.4 Å². The quantitative estimate of drug-likeness (QED) is 0.145. The van der Waals surface area contributed by atoms with E-state index >= 15 is 0 Å². The van der Waals surface area contributed by atoms with Gasteiger partial charge in [0, 0.05) is 52.4 Å². The van der Waals surface area contributed by atoms with E-state index in [2.05, 4.69) is 31.3 Å². The predicted octanol–water partition coefficient (Wildman–Crippen LogP) is -1.84. The van der Waals surface area contributed by atoms with E-state index in [1.54, 1.807) is 0 Å². The Balaban J connectivity index is 0. The maximum atomic E-state index is 5.23. The molecule has 0 aromatic carbocycles. The summed E-state index contributed by atoms with van der Waals surface area (Å²) >= 11 is 9.66. The predicted molar refractivity (Wildman–Crippen MR) is 125 cm³/mol. The van der Waals surface area contributed by atoms with Gasteiger partial charge in [-0.1, -0.05) is 0 Å². The zero-order valence-corrected chi connectivity index (χ0v) is 19.2. The molecular formula is C14H34Cl2N8O2S2. The second-order valence-electron chi connectivity index (χ2n) is 5.71. The molecule has 0 spiro atoms. The first kappa shape index (κ1) is 29.9. The van der Waals surface area contributed by atoms with Crippen molar-refractivity contribution in [2.75, 3.05) is 78.8 Å². The minimum absolute atomic E-state index is 0. The van der Waals surface area contributed by atoms with Crippen LogP contribution in [0, 0.1) is 0 Å². The van der Waals surface area contributed by atoms with Crippen LogP contribution in [0.5, 0.6) is 0 Å². The summed E-state index contributed by atoms with van der Waals surface area (Å²) in [5.74, 6) is 10.2. The fourth-order valence-corrected chi connectivity index (χ4v) is 2.61. The highest BCUT2D eigenvalue weighted by Crippen LogP contribution is 1.95. The molecule has 0 radical (unpaired) electrons. The highest BCUT2D eigenvalue weighted by molar-refractivity contribution is 7.80. The average molecular weight is 482 g/mol. The number of morpholine rings is 2. The summed E-state index contributed by atoms with van der Waals surface area (Å²) in [6.45, 7) is 10.9. The third-order valence-electron chi connectivity index (χ3n) is 3.90. The van der Waals surface area contributed by atoms with Gasteiger partial charge in [0.1, 0.15) is 0 Å². The van der Waals surface area contributed by atoms with Crippen LogP contribution in [0.25, 0.3) is 0 Å². The molecule has 0 unspecified atom stereocenters. The molecule has 28 heavy (non-hydrogen) atoms. The molecule has 0 aromatic rings. The Hall–Kier alpha value is -0.280. The molecule has 2 heterocycles. The van der Waals surface area contributed by atoms with E-state index in [4.69, 9.17) is 45.6 Å². The van der Waals surface area contributed by atoms with Crippen molar-refractivity contribution in [1.29, 1.82) is 0 Å². The lowest BCUT2D eigenvalue weighted by Gasteiger charge is -2.26. The van der Waals surface area contributed by atoms with Crippen molar-refractivity contribution in [2.45, 2.75) is 0 Å². The largest absolute Gasteiger partial charge is 0.379 e. The van der Waals surface area contributed by atoms with E-state index in [1.807, 2.05) is 0 Å². The summed E-state index contributed by atoms with van der Waals surface area (Å²) in [5, 5.41) is 6.97. The molecule has 0 saturated carbocycles. The highest BCUT2D eigenvalue weighted by atomic mass is 35.5. The van der Waals surface area contributed by atoms with Gasteiger partial charge in [-0.15, -0.1) is 24.8 Å². The molecule has 2 saturated heterocycles. The Morgan fingerprint density at radius 1 is 0.714 bits per heavy atom. The highest BCUT2D eigenvalue weighted by Gasteiger charge is 2.09. The van der Waals surface area contributed by atoms with Crippen LogP contribution in [-0.2, 0) is 9.47 Å². The van der Waals surface area contributed by atoms with Gasteiger partial charge in [-0.3, -0.25) is 9.80 Å².